The highest BCUT2D eigenvalue weighted by Crippen LogP contribution is 2.23. The molecule has 1 aromatic carbocycles. The Kier molecular flexibility index (Phi) is 7.32. The van der Waals surface area contributed by atoms with Crippen molar-refractivity contribution in [3.8, 4) is 5.75 Å². The Balaban J connectivity index is 2.57. The molecule has 0 unspecified atom stereocenters. The van der Waals surface area contributed by atoms with Crippen LogP contribution in [0.5, 0.6) is 5.75 Å². The molecule has 4 nitrogen and oxygen atoms in total. The van der Waals surface area contributed by atoms with Gasteiger partial charge in [0.2, 0.25) is 0 Å². The normalized spacial score (nSPS) is 10.7. The molecular formula is C13H19F2NO3. The highest BCUT2D eigenvalue weighted by Gasteiger charge is 2.12. The minimum atomic E-state index is -0.735. The van der Waals surface area contributed by atoms with E-state index in [4.69, 9.17) is 14.6 Å². The number of hydrogen-bond acceptors (Lipinski definition) is 4. The van der Waals surface area contributed by atoms with E-state index in [-0.39, 0.29) is 13.2 Å². The number of methoxy groups -OCH3 is 1. The molecule has 0 aliphatic rings. The summed E-state index contributed by atoms with van der Waals surface area (Å²) < 4.78 is 37.1. The van der Waals surface area contributed by atoms with Crippen LogP contribution in [0.2, 0.25) is 0 Å². The average Bonchev–Trinajstić information content (AvgIpc) is 2.38. The molecule has 19 heavy (non-hydrogen) atoms. The lowest BCUT2D eigenvalue weighted by molar-refractivity contribution is 0.199. The zero-order chi connectivity index (χ0) is 14.1. The van der Waals surface area contributed by atoms with E-state index in [0.717, 1.165) is 0 Å². The highest BCUT2D eigenvalue weighted by atomic mass is 19.1. The quantitative estimate of drug-likeness (QED) is 0.670. The summed E-state index contributed by atoms with van der Waals surface area (Å²) in [6.07, 6.45) is 0.333. The van der Waals surface area contributed by atoms with Crippen molar-refractivity contribution in [3.05, 3.63) is 29.3 Å². The smallest absolute Gasteiger partial charge is 0.190 e. The molecule has 0 aliphatic carbocycles. The van der Waals surface area contributed by atoms with Gasteiger partial charge in [0.05, 0.1) is 13.2 Å². The zero-order valence-electron chi connectivity index (χ0n) is 10.9. The Morgan fingerprint density at radius 1 is 1.21 bits per heavy atom. The molecule has 0 heterocycles. The molecule has 0 radical (unpaired) electrons. The number of benzene rings is 1. The predicted molar refractivity (Wildman–Crippen MR) is 67.1 cm³/mol. The summed E-state index contributed by atoms with van der Waals surface area (Å²) in [5.41, 5.74) is 0.501. The zero-order valence-corrected chi connectivity index (χ0v) is 10.9. The molecule has 2 N–H and O–H groups in total. The van der Waals surface area contributed by atoms with Crippen molar-refractivity contribution >= 4 is 0 Å². The fourth-order valence-electron chi connectivity index (χ4n) is 1.50. The Bertz CT molecular complexity index is 365. The Morgan fingerprint density at radius 2 is 1.89 bits per heavy atom. The molecule has 0 atom stereocenters. The van der Waals surface area contributed by atoms with Gasteiger partial charge in [-0.25, -0.2) is 8.78 Å². The van der Waals surface area contributed by atoms with Gasteiger partial charge in [0, 0.05) is 33.2 Å². The second-order valence-electron chi connectivity index (χ2n) is 3.98. The van der Waals surface area contributed by atoms with Crippen LogP contribution in [0.25, 0.3) is 0 Å². The molecule has 0 saturated carbocycles. The standard InChI is InChI=1S/C13H19F2NO3/c1-18-6-3-16-9-10-7-11(14)13(12(15)8-10)19-5-2-4-17/h7-8,16-17H,2-6,9H2,1H3. The minimum absolute atomic E-state index is 0.0786. The number of rotatable bonds is 9. The largest absolute Gasteiger partial charge is 0.488 e. The molecule has 108 valence electrons. The van der Waals surface area contributed by atoms with Gasteiger partial charge in [-0.2, -0.15) is 0 Å². The number of hydrogen-bond donors (Lipinski definition) is 2. The molecule has 0 saturated heterocycles. The van der Waals surface area contributed by atoms with Crippen LogP contribution >= 0.6 is 0 Å². The van der Waals surface area contributed by atoms with Gasteiger partial charge in [0.15, 0.2) is 17.4 Å². The van der Waals surface area contributed by atoms with Crippen molar-refractivity contribution in [1.82, 2.24) is 5.32 Å². The molecule has 1 rings (SSSR count). The van der Waals surface area contributed by atoms with Crippen LogP contribution in [-0.2, 0) is 11.3 Å². The van der Waals surface area contributed by atoms with Crippen molar-refractivity contribution in [2.45, 2.75) is 13.0 Å². The van der Waals surface area contributed by atoms with Crippen LogP contribution in [0.3, 0.4) is 0 Å². The molecule has 0 aromatic heterocycles. The van der Waals surface area contributed by atoms with Gasteiger partial charge in [-0.15, -0.1) is 0 Å². The topological polar surface area (TPSA) is 50.7 Å². The molecule has 0 spiro atoms. The fraction of sp³-hybridized carbons (Fsp3) is 0.538. The van der Waals surface area contributed by atoms with Crippen LogP contribution in [0, 0.1) is 11.6 Å². The van der Waals surface area contributed by atoms with Crippen molar-refractivity contribution in [3.63, 3.8) is 0 Å². The van der Waals surface area contributed by atoms with E-state index in [1.54, 1.807) is 7.11 Å². The van der Waals surface area contributed by atoms with Crippen LogP contribution in [0.4, 0.5) is 8.78 Å². The summed E-state index contributed by atoms with van der Waals surface area (Å²) in [5, 5.41) is 11.6. The second-order valence-corrected chi connectivity index (χ2v) is 3.98. The van der Waals surface area contributed by atoms with Gasteiger partial charge in [-0.3, -0.25) is 0 Å². The summed E-state index contributed by atoms with van der Waals surface area (Å²) in [7, 11) is 1.58. The van der Waals surface area contributed by atoms with E-state index in [9.17, 15) is 8.78 Å². The molecule has 0 amide bonds. The van der Waals surface area contributed by atoms with E-state index < -0.39 is 17.4 Å². The summed E-state index contributed by atoms with van der Waals surface area (Å²) >= 11 is 0. The third-order valence-electron chi connectivity index (χ3n) is 2.42. The first-order valence-corrected chi connectivity index (χ1v) is 6.10. The third-order valence-corrected chi connectivity index (χ3v) is 2.42. The van der Waals surface area contributed by atoms with Gasteiger partial charge < -0.3 is 19.9 Å². The molecule has 1 aromatic rings. The SMILES string of the molecule is COCCNCc1cc(F)c(OCCCO)c(F)c1. The van der Waals surface area contributed by atoms with Gasteiger partial charge in [-0.1, -0.05) is 0 Å². The van der Waals surface area contributed by atoms with E-state index >= 15 is 0 Å². The predicted octanol–water partition coefficient (Wildman–Crippen LogP) is 1.46. The van der Waals surface area contributed by atoms with Crippen LogP contribution < -0.4 is 10.1 Å². The Labute approximate surface area is 111 Å². The lowest BCUT2D eigenvalue weighted by atomic mass is 10.2. The van der Waals surface area contributed by atoms with Gasteiger partial charge in [-0.05, 0) is 17.7 Å². The van der Waals surface area contributed by atoms with Crippen molar-refractivity contribution in [2.24, 2.45) is 0 Å². The third kappa shape index (κ3) is 5.50. The first kappa shape index (κ1) is 15.8. The van der Waals surface area contributed by atoms with Gasteiger partial charge in [0.25, 0.3) is 0 Å². The molecule has 0 fully saturated rings. The number of aliphatic hydroxyl groups excluding tert-OH is 1. The van der Waals surface area contributed by atoms with Gasteiger partial charge in [0.1, 0.15) is 0 Å². The van der Waals surface area contributed by atoms with E-state index in [0.29, 0.717) is 31.7 Å². The van der Waals surface area contributed by atoms with Gasteiger partial charge >= 0.3 is 0 Å². The summed E-state index contributed by atoms with van der Waals surface area (Å²) in [6.45, 7) is 1.50. The summed E-state index contributed by atoms with van der Waals surface area (Å²) in [4.78, 5) is 0. The summed E-state index contributed by atoms with van der Waals surface area (Å²) in [6, 6.07) is 2.47. The summed E-state index contributed by atoms with van der Waals surface area (Å²) in [5.74, 6) is -1.86. The maximum absolute atomic E-state index is 13.6. The maximum Gasteiger partial charge on any atom is 0.190 e. The van der Waals surface area contributed by atoms with Crippen molar-refractivity contribution in [1.29, 1.82) is 0 Å². The molecule has 6 heteroatoms. The highest BCUT2D eigenvalue weighted by molar-refractivity contribution is 5.31. The van der Waals surface area contributed by atoms with Crippen LogP contribution in [-0.4, -0.2) is 38.6 Å². The number of ether oxygens (including phenoxy) is 2. The number of aliphatic hydroxyl groups is 1. The van der Waals surface area contributed by atoms with Crippen LogP contribution in [0.15, 0.2) is 12.1 Å². The van der Waals surface area contributed by atoms with Crippen molar-refractivity contribution < 1.29 is 23.4 Å². The maximum atomic E-state index is 13.6. The monoisotopic (exact) mass is 275 g/mol. The Hall–Kier alpha value is -1.24. The second kappa shape index (κ2) is 8.79. The number of halogens is 2. The lowest BCUT2D eigenvalue weighted by Crippen LogP contribution is -2.18. The lowest BCUT2D eigenvalue weighted by Gasteiger charge is -2.10. The molecular weight excluding hydrogens is 256 g/mol. The first-order valence-electron chi connectivity index (χ1n) is 6.10. The van der Waals surface area contributed by atoms with Crippen LogP contribution in [0.1, 0.15) is 12.0 Å². The molecule has 0 aliphatic heterocycles. The minimum Gasteiger partial charge on any atom is -0.488 e. The first-order chi connectivity index (χ1) is 9.19. The fourth-order valence-corrected chi connectivity index (χ4v) is 1.50. The van der Waals surface area contributed by atoms with E-state index in [1.807, 2.05) is 0 Å². The van der Waals surface area contributed by atoms with E-state index in [2.05, 4.69) is 5.32 Å². The van der Waals surface area contributed by atoms with Crippen molar-refractivity contribution in [2.75, 3.05) is 33.5 Å². The molecule has 0 bridgehead atoms. The number of nitrogens with one attached hydrogen (secondary N) is 1. The Morgan fingerprint density at radius 3 is 2.47 bits per heavy atom. The van der Waals surface area contributed by atoms with E-state index in [1.165, 1.54) is 12.1 Å². The average molecular weight is 275 g/mol.